The fourth-order valence-electron chi connectivity index (χ4n) is 5.16. The molecular weight excluding hydrogens is 492 g/mol. The molecule has 9 heteroatoms. The highest BCUT2D eigenvalue weighted by atomic mass is 32.1. The Morgan fingerprint density at radius 2 is 2.00 bits per heavy atom. The van der Waals surface area contributed by atoms with E-state index in [-0.39, 0.29) is 36.2 Å². The Morgan fingerprint density at radius 1 is 1.30 bits per heavy atom. The van der Waals surface area contributed by atoms with Crippen LogP contribution in [0.15, 0.2) is 11.0 Å². The summed E-state index contributed by atoms with van der Waals surface area (Å²) in [6.45, 7) is 10.8. The lowest BCUT2D eigenvalue weighted by Gasteiger charge is -2.34. The molecule has 0 aromatic carbocycles. The first-order valence-corrected chi connectivity index (χ1v) is 13.9. The molecule has 8 nitrogen and oxygen atoms in total. The zero-order valence-electron chi connectivity index (χ0n) is 22.7. The van der Waals surface area contributed by atoms with Gasteiger partial charge in [-0.3, -0.25) is 9.59 Å². The second-order valence-electron chi connectivity index (χ2n) is 11.5. The highest BCUT2D eigenvalue weighted by molar-refractivity contribution is 7.09. The normalized spacial score (nSPS) is 35.8. The summed E-state index contributed by atoms with van der Waals surface area (Å²) in [7, 11) is 0. The number of hydrogen-bond acceptors (Lipinski definition) is 9. The smallest absolute Gasteiger partial charge is 0.309 e. The van der Waals surface area contributed by atoms with E-state index >= 15 is 0 Å². The van der Waals surface area contributed by atoms with Crippen LogP contribution in [0.5, 0.6) is 0 Å². The average Bonchev–Trinajstić information content (AvgIpc) is 3.24. The molecule has 2 aliphatic rings. The number of cyclic esters (lactones) is 1. The van der Waals surface area contributed by atoms with Crippen LogP contribution in [-0.4, -0.2) is 57.0 Å². The summed E-state index contributed by atoms with van der Waals surface area (Å²) >= 11 is 1.41. The standard InChI is InChI=1S/C28H40N2O6S/c1-16-8-7-10-28(6)22(36-28)13-20(17(2)12-19-15-37-23(30-19)9-11-29)35-24(32)14-21(31)27(4,5)26(34)18(3)25(16)33/h12,15-16,18,20-22,25,31,33H,7-10,13-14H2,1-6H3/t16-,18+,20-,21-,22+,25-,28+/m1/s1. The summed E-state index contributed by atoms with van der Waals surface area (Å²) in [4.78, 5) is 30.7. The number of ketones is 1. The summed E-state index contributed by atoms with van der Waals surface area (Å²) in [6, 6.07) is 2.09. The number of carbonyl (C=O) groups is 2. The second kappa shape index (κ2) is 11.7. The molecule has 0 radical (unpaired) electrons. The molecule has 0 bridgehead atoms. The number of nitrogens with zero attached hydrogens (tertiary/aromatic N) is 2. The SMILES string of the molecule is CC(=Cc1csc(CC#N)n1)[C@H]1C[C@@H]2O[C@@]2(C)CCC[C@@H](C)[C@@H](O)[C@H](C)C(=O)C(C)(C)[C@H](O)CC(=O)O1. The van der Waals surface area contributed by atoms with Crippen molar-refractivity contribution in [2.24, 2.45) is 17.3 Å². The zero-order chi connectivity index (χ0) is 27.5. The fourth-order valence-corrected chi connectivity index (χ4v) is 5.84. The molecule has 37 heavy (non-hydrogen) atoms. The van der Waals surface area contributed by atoms with Gasteiger partial charge in [-0.1, -0.05) is 34.1 Å². The molecule has 2 N–H and O–H groups in total. The number of aliphatic hydroxyl groups excluding tert-OH is 2. The van der Waals surface area contributed by atoms with Gasteiger partial charge in [-0.15, -0.1) is 11.3 Å². The van der Waals surface area contributed by atoms with E-state index in [1.807, 2.05) is 32.2 Å². The minimum Gasteiger partial charge on any atom is -0.458 e. The van der Waals surface area contributed by atoms with Crippen LogP contribution in [0, 0.1) is 28.6 Å². The van der Waals surface area contributed by atoms with Gasteiger partial charge in [-0.25, -0.2) is 4.98 Å². The Bertz CT molecular complexity index is 1060. The number of carbonyl (C=O) groups excluding carboxylic acids is 2. The second-order valence-corrected chi connectivity index (χ2v) is 12.4. The van der Waals surface area contributed by atoms with Crippen molar-refractivity contribution >= 4 is 29.2 Å². The van der Waals surface area contributed by atoms with E-state index < -0.39 is 35.6 Å². The van der Waals surface area contributed by atoms with Crippen LogP contribution < -0.4 is 0 Å². The maximum absolute atomic E-state index is 13.2. The van der Waals surface area contributed by atoms with Gasteiger partial charge in [0.2, 0.25) is 0 Å². The molecule has 7 atom stereocenters. The van der Waals surface area contributed by atoms with Crippen LogP contribution in [0.1, 0.15) is 84.3 Å². The monoisotopic (exact) mass is 532 g/mol. The lowest BCUT2D eigenvalue weighted by Crippen LogP contribution is -2.45. The minimum absolute atomic E-state index is 0.0896. The third-order valence-electron chi connectivity index (χ3n) is 8.09. The first-order valence-electron chi connectivity index (χ1n) is 13.1. The van der Waals surface area contributed by atoms with E-state index in [9.17, 15) is 19.8 Å². The third kappa shape index (κ3) is 7.05. The number of fused-ring (bicyclic) bond motifs is 1. The van der Waals surface area contributed by atoms with Gasteiger partial charge >= 0.3 is 5.97 Å². The van der Waals surface area contributed by atoms with Gasteiger partial charge in [-0.05, 0) is 44.3 Å². The molecule has 3 rings (SSSR count). The quantitative estimate of drug-likeness (QED) is 0.436. The number of hydrogen-bond donors (Lipinski definition) is 2. The van der Waals surface area contributed by atoms with Crippen molar-refractivity contribution in [3.63, 3.8) is 0 Å². The molecular formula is C28H40N2O6S. The number of ether oxygens (including phenoxy) is 2. The third-order valence-corrected chi connectivity index (χ3v) is 8.96. The Kier molecular flexibility index (Phi) is 9.33. The number of esters is 1. The number of Topliss-reactive ketones (excluding diaryl/α,β-unsaturated/α-hetero) is 1. The number of thiazole rings is 1. The van der Waals surface area contributed by atoms with E-state index in [1.54, 1.807) is 20.8 Å². The molecule has 0 amide bonds. The lowest BCUT2D eigenvalue weighted by molar-refractivity contribution is -0.154. The maximum Gasteiger partial charge on any atom is 0.309 e. The van der Waals surface area contributed by atoms with Crippen LogP contribution in [0.3, 0.4) is 0 Å². The molecule has 3 heterocycles. The van der Waals surface area contributed by atoms with Crippen molar-refractivity contribution in [2.45, 2.75) is 110 Å². The summed E-state index contributed by atoms with van der Waals surface area (Å²) in [6.07, 6.45) is 1.83. The fraction of sp³-hybridized carbons (Fsp3) is 0.714. The van der Waals surface area contributed by atoms with Crippen molar-refractivity contribution < 1.29 is 29.3 Å². The summed E-state index contributed by atoms with van der Waals surface area (Å²) in [5.74, 6) is -1.65. The van der Waals surface area contributed by atoms with Crippen LogP contribution >= 0.6 is 11.3 Å². The molecule has 2 aliphatic heterocycles. The zero-order valence-corrected chi connectivity index (χ0v) is 23.5. The number of epoxide rings is 1. The van der Waals surface area contributed by atoms with Crippen LogP contribution in [-0.2, 0) is 25.5 Å². The Labute approximate surface area is 223 Å². The number of aromatic nitrogens is 1. The molecule has 2 saturated heterocycles. The van der Waals surface area contributed by atoms with E-state index in [1.165, 1.54) is 11.3 Å². The van der Waals surface area contributed by atoms with Crippen molar-refractivity contribution in [2.75, 3.05) is 0 Å². The van der Waals surface area contributed by atoms with Gasteiger partial charge in [0.15, 0.2) is 0 Å². The molecule has 1 aromatic rings. The molecule has 1 aromatic heterocycles. The van der Waals surface area contributed by atoms with Gasteiger partial charge < -0.3 is 19.7 Å². The van der Waals surface area contributed by atoms with Crippen LogP contribution in [0.2, 0.25) is 0 Å². The number of rotatable bonds is 3. The molecule has 0 unspecified atom stereocenters. The molecule has 0 spiro atoms. The van der Waals surface area contributed by atoms with Crippen molar-refractivity contribution in [1.29, 1.82) is 5.26 Å². The highest BCUT2D eigenvalue weighted by Gasteiger charge is 2.53. The van der Waals surface area contributed by atoms with Crippen molar-refractivity contribution in [3.05, 3.63) is 21.7 Å². The van der Waals surface area contributed by atoms with E-state index in [0.717, 1.165) is 29.8 Å². The van der Waals surface area contributed by atoms with Gasteiger partial charge in [0.25, 0.3) is 0 Å². The summed E-state index contributed by atoms with van der Waals surface area (Å²) in [5.41, 5.74) is -0.0806. The topological polar surface area (TPSA) is 133 Å². The summed E-state index contributed by atoms with van der Waals surface area (Å²) < 4.78 is 11.9. The lowest BCUT2D eigenvalue weighted by atomic mass is 9.73. The molecule has 204 valence electrons. The Balaban J connectivity index is 1.85. The highest BCUT2D eigenvalue weighted by Crippen LogP contribution is 2.45. The largest absolute Gasteiger partial charge is 0.458 e. The first kappa shape index (κ1) is 29.4. The van der Waals surface area contributed by atoms with E-state index in [4.69, 9.17) is 14.7 Å². The molecule has 2 fully saturated rings. The Hall–Kier alpha value is -2.12. The molecule has 0 aliphatic carbocycles. The molecule has 0 saturated carbocycles. The van der Waals surface area contributed by atoms with E-state index in [2.05, 4.69) is 11.1 Å². The van der Waals surface area contributed by atoms with Crippen LogP contribution in [0.25, 0.3) is 6.08 Å². The van der Waals surface area contributed by atoms with Gasteiger partial charge in [0.1, 0.15) is 16.9 Å². The minimum atomic E-state index is -1.26. The Morgan fingerprint density at radius 3 is 2.68 bits per heavy atom. The predicted molar refractivity (Wildman–Crippen MR) is 140 cm³/mol. The predicted octanol–water partition coefficient (Wildman–Crippen LogP) is 4.24. The average molecular weight is 533 g/mol. The number of aliphatic hydroxyl groups is 2. The van der Waals surface area contributed by atoms with Crippen LogP contribution in [0.4, 0.5) is 0 Å². The van der Waals surface area contributed by atoms with E-state index in [0.29, 0.717) is 12.1 Å². The maximum atomic E-state index is 13.2. The van der Waals surface area contributed by atoms with Gasteiger partial charge in [0.05, 0.1) is 53.9 Å². The summed E-state index contributed by atoms with van der Waals surface area (Å²) in [5, 5.41) is 33.2. The van der Waals surface area contributed by atoms with Gasteiger partial charge in [-0.2, -0.15) is 5.26 Å². The number of nitriles is 1. The van der Waals surface area contributed by atoms with Crippen molar-refractivity contribution in [1.82, 2.24) is 4.98 Å². The van der Waals surface area contributed by atoms with Gasteiger partial charge in [0, 0.05) is 17.7 Å². The van der Waals surface area contributed by atoms with Crippen molar-refractivity contribution in [3.8, 4) is 6.07 Å². The first-order chi connectivity index (χ1) is 17.3.